The highest BCUT2D eigenvalue weighted by molar-refractivity contribution is 7.08. The zero-order valence-electron chi connectivity index (χ0n) is 13.3. The van der Waals surface area contributed by atoms with Gasteiger partial charge in [-0.15, -0.1) is 0 Å². The van der Waals surface area contributed by atoms with Crippen LogP contribution in [0.15, 0.2) is 41.4 Å². The van der Waals surface area contributed by atoms with Crippen molar-refractivity contribution >= 4 is 17.2 Å². The Balaban J connectivity index is 1.42. The number of morpholine rings is 1. The maximum absolute atomic E-state index is 12.7. The fourth-order valence-corrected chi connectivity index (χ4v) is 4.21. The van der Waals surface area contributed by atoms with Gasteiger partial charge in [0.05, 0.1) is 30.9 Å². The van der Waals surface area contributed by atoms with Gasteiger partial charge in [-0.2, -0.15) is 11.3 Å². The van der Waals surface area contributed by atoms with Crippen LogP contribution < -0.4 is 0 Å². The lowest BCUT2D eigenvalue weighted by atomic mass is 10.1. The number of aromatic nitrogens is 1. The van der Waals surface area contributed by atoms with Crippen LogP contribution in [0.25, 0.3) is 0 Å². The van der Waals surface area contributed by atoms with E-state index in [0.717, 1.165) is 24.0 Å². The highest BCUT2D eigenvalue weighted by Crippen LogP contribution is 2.33. The van der Waals surface area contributed by atoms with Crippen LogP contribution >= 0.6 is 11.3 Å². The maximum atomic E-state index is 12.7. The summed E-state index contributed by atoms with van der Waals surface area (Å²) >= 11 is 1.55. The lowest BCUT2D eigenvalue weighted by Crippen LogP contribution is -2.53. The van der Waals surface area contributed by atoms with Crippen LogP contribution in [0.1, 0.15) is 28.8 Å². The number of rotatable bonds is 4. The van der Waals surface area contributed by atoms with Gasteiger partial charge in [0, 0.05) is 24.3 Å². The van der Waals surface area contributed by atoms with E-state index in [2.05, 4.69) is 4.98 Å². The molecule has 0 unspecified atom stereocenters. The number of pyridine rings is 1. The maximum Gasteiger partial charge on any atom is 0.255 e. The molecule has 1 aliphatic carbocycles. The summed E-state index contributed by atoms with van der Waals surface area (Å²) in [5, 5.41) is 3.86. The number of carbonyl (C=O) groups is 1. The molecule has 1 saturated carbocycles. The molecule has 5 nitrogen and oxygen atoms in total. The second-order valence-corrected chi connectivity index (χ2v) is 6.98. The van der Waals surface area contributed by atoms with Gasteiger partial charge in [-0.1, -0.05) is 6.07 Å². The number of hydrogen-bond acceptors (Lipinski definition) is 5. The molecule has 0 spiro atoms. The van der Waals surface area contributed by atoms with Gasteiger partial charge in [0.2, 0.25) is 0 Å². The minimum atomic E-state index is -0.0296. The molecule has 0 N–H and O–H groups in total. The van der Waals surface area contributed by atoms with Crippen molar-refractivity contribution in [2.75, 3.05) is 13.2 Å². The molecule has 0 bridgehead atoms. The first-order chi connectivity index (χ1) is 11.8. The molecule has 6 heteroatoms. The number of thiophene rings is 1. The van der Waals surface area contributed by atoms with E-state index >= 15 is 0 Å². The molecule has 126 valence electrons. The highest BCUT2D eigenvalue weighted by Gasteiger charge is 2.45. The Morgan fingerprint density at radius 3 is 3.17 bits per heavy atom. The predicted octanol–water partition coefficient (Wildman–Crippen LogP) is 2.73. The van der Waals surface area contributed by atoms with E-state index < -0.39 is 0 Å². The molecule has 3 atom stereocenters. The van der Waals surface area contributed by atoms with Gasteiger partial charge in [0.15, 0.2) is 0 Å². The van der Waals surface area contributed by atoms with E-state index in [0.29, 0.717) is 19.8 Å². The molecule has 1 saturated heterocycles. The Bertz CT molecular complexity index is 677. The minimum absolute atomic E-state index is 0.0296. The number of carbonyl (C=O) groups excluding carboxylic acids is 1. The number of amides is 1. The van der Waals surface area contributed by atoms with Crippen LogP contribution in [-0.4, -0.2) is 47.2 Å². The van der Waals surface area contributed by atoms with Gasteiger partial charge in [-0.05, 0) is 35.9 Å². The fourth-order valence-electron chi connectivity index (χ4n) is 3.58. The van der Waals surface area contributed by atoms with Crippen LogP contribution in [0.4, 0.5) is 0 Å². The average Bonchev–Trinajstić information content (AvgIpc) is 3.30. The Hall–Kier alpha value is -1.76. The Morgan fingerprint density at radius 1 is 1.42 bits per heavy atom. The van der Waals surface area contributed by atoms with Crippen LogP contribution in [0.3, 0.4) is 0 Å². The molecule has 2 aromatic rings. The van der Waals surface area contributed by atoms with Gasteiger partial charge in [-0.25, -0.2) is 0 Å². The third-order valence-corrected chi connectivity index (χ3v) is 5.43. The summed E-state index contributed by atoms with van der Waals surface area (Å²) < 4.78 is 12.0. The van der Waals surface area contributed by atoms with Gasteiger partial charge < -0.3 is 14.4 Å². The zero-order chi connectivity index (χ0) is 16.4. The second kappa shape index (κ2) is 7.01. The monoisotopic (exact) mass is 344 g/mol. The SMILES string of the molecule is O=C(c1ccsc1)N1CCO[C@H]2[C@H](OCc3cccnc3)CC[C@@H]21. The number of nitrogens with zero attached hydrogens (tertiary/aromatic N) is 2. The Labute approximate surface area is 145 Å². The first-order valence-corrected chi connectivity index (χ1v) is 9.22. The van der Waals surface area contributed by atoms with Crippen LogP contribution in [0.5, 0.6) is 0 Å². The summed E-state index contributed by atoms with van der Waals surface area (Å²) in [6, 6.07) is 5.93. The van der Waals surface area contributed by atoms with Crippen molar-refractivity contribution in [1.82, 2.24) is 9.88 Å². The lowest BCUT2D eigenvalue weighted by molar-refractivity contribution is -0.108. The summed E-state index contributed by atoms with van der Waals surface area (Å²) in [5.74, 6) is 0.113. The van der Waals surface area contributed by atoms with Gasteiger partial charge in [-0.3, -0.25) is 9.78 Å². The topological polar surface area (TPSA) is 51.7 Å². The minimum Gasteiger partial charge on any atom is -0.372 e. The van der Waals surface area contributed by atoms with E-state index in [-0.39, 0.29) is 24.2 Å². The first-order valence-electron chi connectivity index (χ1n) is 8.28. The van der Waals surface area contributed by atoms with E-state index in [1.807, 2.05) is 40.1 Å². The quantitative estimate of drug-likeness (QED) is 0.856. The lowest BCUT2D eigenvalue weighted by Gasteiger charge is -2.39. The van der Waals surface area contributed by atoms with E-state index in [4.69, 9.17) is 9.47 Å². The van der Waals surface area contributed by atoms with E-state index in [1.165, 1.54) is 0 Å². The number of hydrogen-bond donors (Lipinski definition) is 0. The van der Waals surface area contributed by atoms with Crippen molar-refractivity contribution in [2.45, 2.75) is 37.7 Å². The van der Waals surface area contributed by atoms with Gasteiger partial charge >= 0.3 is 0 Å². The van der Waals surface area contributed by atoms with Crippen LogP contribution in [-0.2, 0) is 16.1 Å². The summed E-state index contributed by atoms with van der Waals surface area (Å²) in [6.45, 7) is 1.76. The Kier molecular flexibility index (Phi) is 4.60. The van der Waals surface area contributed by atoms with Crippen molar-refractivity contribution < 1.29 is 14.3 Å². The van der Waals surface area contributed by atoms with Crippen LogP contribution in [0, 0.1) is 0 Å². The normalized spacial score (nSPS) is 26.3. The summed E-state index contributed by atoms with van der Waals surface area (Å²) in [7, 11) is 0. The molecule has 1 aliphatic heterocycles. The molecule has 3 heterocycles. The molecule has 0 radical (unpaired) electrons. The molecule has 24 heavy (non-hydrogen) atoms. The molecule has 1 amide bonds. The number of ether oxygens (including phenoxy) is 2. The Morgan fingerprint density at radius 2 is 2.38 bits per heavy atom. The smallest absolute Gasteiger partial charge is 0.255 e. The third kappa shape index (κ3) is 3.09. The highest BCUT2D eigenvalue weighted by atomic mass is 32.1. The third-order valence-electron chi connectivity index (χ3n) is 4.75. The molecular weight excluding hydrogens is 324 g/mol. The molecule has 0 aromatic carbocycles. The van der Waals surface area contributed by atoms with Gasteiger partial charge in [0.25, 0.3) is 5.91 Å². The number of fused-ring (bicyclic) bond motifs is 1. The molecular formula is C18H20N2O3S. The molecule has 2 fully saturated rings. The fraction of sp³-hybridized carbons (Fsp3) is 0.444. The van der Waals surface area contributed by atoms with E-state index in [1.54, 1.807) is 17.5 Å². The van der Waals surface area contributed by atoms with Crippen molar-refractivity contribution in [2.24, 2.45) is 0 Å². The van der Waals surface area contributed by atoms with Crippen LogP contribution in [0.2, 0.25) is 0 Å². The summed E-state index contributed by atoms with van der Waals surface area (Å²) in [6.07, 6.45) is 5.43. The van der Waals surface area contributed by atoms with E-state index in [9.17, 15) is 4.79 Å². The van der Waals surface area contributed by atoms with Crippen molar-refractivity contribution in [3.8, 4) is 0 Å². The second-order valence-electron chi connectivity index (χ2n) is 6.20. The standard InChI is InChI=1S/C18H20N2O3S/c21-18(14-5-9-24-12-14)20-7-8-22-17-15(20)3-4-16(17)23-11-13-2-1-6-19-10-13/h1-2,5-6,9-10,12,15-17H,3-4,7-8,11H2/t15-,16+,17+/m0/s1. The van der Waals surface area contributed by atoms with Crippen molar-refractivity contribution in [1.29, 1.82) is 0 Å². The molecule has 2 aromatic heterocycles. The average molecular weight is 344 g/mol. The molecule has 2 aliphatic rings. The molecule has 4 rings (SSSR count). The summed E-state index contributed by atoms with van der Waals surface area (Å²) in [5.41, 5.74) is 1.84. The first kappa shape index (κ1) is 15.7. The van der Waals surface area contributed by atoms with Gasteiger partial charge in [0.1, 0.15) is 6.10 Å². The zero-order valence-corrected chi connectivity index (χ0v) is 14.2. The summed E-state index contributed by atoms with van der Waals surface area (Å²) in [4.78, 5) is 18.8. The van der Waals surface area contributed by atoms with Crippen molar-refractivity contribution in [3.05, 3.63) is 52.5 Å². The largest absolute Gasteiger partial charge is 0.372 e. The predicted molar refractivity (Wildman–Crippen MR) is 90.9 cm³/mol. The van der Waals surface area contributed by atoms with Crippen molar-refractivity contribution in [3.63, 3.8) is 0 Å².